The van der Waals surface area contributed by atoms with Gasteiger partial charge in [0.05, 0.1) is 12.2 Å². The van der Waals surface area contributed by atoms with E-state index >= 15 is 0 Å². The molecule has 0 atom stereocenters. The lowest BCUT2D eigenvalue weighted by atomic mass is 10.3. The number of carbonyl (C=O) groups is 1. The normalized spacial score (nSPS) is 16.7. The molecule has 0 unspecified atom stereocenters. The summed E-state index contributed by atoms with van der Waals surface area (Å²) in [7, 11) is 2.05. The summed E-state index contributed by atoms with van der Waals surface area (Å²) in [6.45, 7) is 3.60. The van der Waals surface area contributed by atoms with Gasteiger partial charge >= 0.3 is 6.03 Å². The number of aromatic nitrogens is 2. The van der Waals surface area contributed by atoms with Crippen LogP contribution in [0.5, 0.6) is 0 Å². The largest absolute Gasteiger partial charge is 0.332 e. The molecule has 1 aromatic heterocycles. The fourth-order valence-corrected chi connectivity index (χ4v) is 1.92. The van der Waals surface area contributed by atoms with Gasteiger partial charge in [-0.3, -0.25) is 4.98 Å². The number of nitrogens with zero attached hydrogens (tertiary/aromatic N) is 4. The van der Waals surface area contributed by atoms with E-state index in [1.165, 1.54) is 6.20 Å². The lowest BCUT2D eigenvalue weighted by Crippen LogP contribution is -2.50. The van der Waals surface area contributed by atoms with E-state index in [-0.39, 0.29) is 6.03 Å². The Morgan fingerprint density at radius 1 is 1.33 bits per heavy atom. The van der Waals surface area contributed by atoms with Crippen LogP contribution in [0.1, 0.15) is 5.69 Å². The summed E-state index contributed by atoms with van der Waals surface area (Å²) in [5.74, 6) is 0. The van der Waals surface area contributed by atoms with E-state index in [9.17, 15) is 4.79 Å². The Labute approximate surface area is 111 Å². The van der Waals surface area contributed by atoms with Crippen molar-refractivity contribution in [3.63, 3.8) is 0 Å². The van der Waals surface area contributed by atoms with Crippen molar-refractivity contribution >= 4 is 17.6 Å². The van der Waals surface area contributed by atoms with Crippen LogP contribution in [-0.2, 0) is 6.54 Å². The Balaban J connectivity index is 1.83. The van der Waals surface area contributed by atoms with Crippen LogP contribution in [0.25, 0.3) is 0 Å². The third-order valence-electron chi connectivity index (χ3n) is 2.92. The topological polar surface area (TPSA) is 61.4 Å². The lowest BCUT2D eigenvalue weighted by Gasteiger charge is -2.32. The smallest absolute Gasteiger partial charge is 0.317 e. The second kappa shape index (κ2) is 5.97. The standard InChI is InChI=1S/C11H16ClN5O/c1-16-4-6-17(7-5-16)11(18)15-8-9-10(12)14-3-2-13-9/h2-3H,4-8H2,1H3,(H,15,18). The maximum atomic E-state index is 11.9. The molecule has 98 valence electrons. The highest BCUT2D eigenvalue weighted by Crippen LogP contribution is 2.08. The fourth-order valence-electron chi connectivity index (χ4n) is 1.75. The summed E-state index contributed by atoms with van der Waals surface area (Å²) in [6, 6.07) is -0.0789. The number of urea groups is 1. The Hall–Kier alpha value is -1.40. The molecule has 18 heavy (non-hydrogen) atoms. The Kier molecular flexibility index (Phi) is 4.33. The van der Waals surface area contributed by atoms with Gasteiger partial charge in [-0.15, -0.1) is 0 Å². The highest BCUT2D eigenvalue weighted by molar-refractivity contribution is 6.29. The molecule has 1 fully saturated rings. The Morgan fingerprint density at radius 3 is 2.67 bits per heavy atom. The van der Waals surface area contributed by atoms with Crippen molar-refractivity contribution in [3.05, 3.63) is 23.2 Å². The van der Waals surface area contributed by atoms with Crippen molar-refractivity contribution in [2.24, 2.45) is 0 Å². The molecule has 2 rings (SSSR count). The van der Waals surface area contributed by atoms with Gasteiger partial charge in [-0.25, -0.2) is 9.78 Å². The number of hydrogen-bond acceptors (Lipinski definition) is 4. The van der Waals surface area contributed by atoms with Gasteiger partial charge in [-0.05, 0) is 7.05 Å². The second-order valence-electron chi connectivity index (χ2n) is 4.24. The average Bonchev–Trinajstić information content (AvgIpc) is 2.38. The highest BCUT2D eigenvalue weighted by atomic mass is 35.5. The van der Waals surface area contributed by atoms with Gasteiger partial charge in [-0.2, -0.15) is 0 Å². The Morgan fingerprint density at radius 2 is 2.00 bits per heavy atom. The van der Waals surface area contributed by atoms with Crippen LogP contribution in [0.3, 0.4) is 0 Å². The Bertz CT molecular complexity index is 420. The van der Waals surface area contributed by atoms with Crippen molar-refractivity contribution in [2.75, 3.05) is 33.2 Å². The van der Waals surface area contributed by atoms with Crippen LogP contribution in [0.4, 0.5) is 4.79 Å². The lowest BCUT2D eigenvalue weighted by molar-refractivity contribution is 0.154. The maximum Gasteiger partial charge on any atom is 0.317 e. The van der Waals surface area contributed by atoms with Crippen molar-refractivity contribution in [1.82, 2.24) is 25.1 Å². The predicted octanol–water partition coefficient (Wildman–Crippen LogP) is 0.587. The van der Waals surface area contributed by atoms with E-state index in [1.807, 2.05) is 0 Å². The first kappa shape index (κ1) is 13.0. The van der Waals surface area contributed by atoms with Crippen molar-refractivity contribution in [3.8, 4) is 0 Å². The van der Waals surface area contributed by atoms with E-state index in [0.717, 1.165) is 26.2 Å². The van der Waals surface area contributed by atoms with Gasteiger partial charge in [0.15, 0.2) is 5.15 Å². The van der Waals surface area contributed by atoms with Gasteiger partial charge < -0.3 is 15.1 Å². The van der Waals surface area contributed by atoms with E-state index in [4.69, 9.17) is 11.6 Å². The van der Waals surface area contributed by atoms with Crippen LogP contribution < -0.4 is 5.32 Å². The van der Waals surface area contributed by atoms with Gasteiger partial charge in [-0.1, -0.05) is 11.6 Å². The van der Waals surface area contributed by atoms with Crippen LogP contribution in [-0.4, -0.2) is 59.0 Å². The molecule has 0 radical (unpaired) electrons. The van der Waals surface area contributed by atoms with E-state index in [1.54, 1.807) is 11.1 Å². The zero-order valence-electron chi connectivity index (χ0n) is 10.3. The van der Waals surface area contributed by atoms with Gasteiger partial charge in [0.2, 0.25) is 0 Å². The third kappa shape index (κ3) is 3.30. The molecular weight excluding hydrogens is 254 g/mol. The molecule has 1 N–H and O–H groups in total. The molecule has 2 heterocycles. The van der Waals surface area contributed by atoms with Gasteiger partial charge in [0.25, 0.3) is 0 Å². The first-order valence-corrected chi connectivity index (χ1v) is 6.21. The molecular formula is C11H16ClN5O. The molecule has 1 aromatic rings. The van der Waals surface area contributed by atoms with Crippen molar-refractivity contribution in [2.45, 2.75) is 6.54 Å². The first-order valence-electron chi connectivity index (χ1n) is 5.83. The summed E-state index contributed by atoms with van der Waals surface area (Å²) in [5.41, 5.74) is 0.585. The quantitative estimate of drug-likeness (QED) is 0.854. The predicted molar refractivity (Wildman–Crippen MR) is 68.3 cm³/mol. The molecule has 1 aliphatic heterocycles. The molecule has 0 saturated carbocycles. The van der Waals surface area contributed by atoms with E-state index in [2.05, 4.69) is 27.2 Å². The minimum Gasteiger partial charge on any atom is -0.332 e. The fraction of sp³-hybridized carbons (Fsp3) is 0.545. The number of rotatable bonds is 2. The average molecular weight is 270 g/mol. The van der Waals surface area contributed by atoms with Crippen LogP contribution in [0, 0.1) is 0 Å². The van der Waals surface area contributed by atoms with Crippen molar-refractivity contribution in [1.29, 1.82) is 0 Å². The number of piperazine rings is 1. The van der Waals surface area contributed by atoms with E-state index in [0.29, 0.717) is 17.4 Å². The van der Waals surface area contributed by atoms with Crippen LogP contribution in [0.15, 0.2) is 12.4 Å². The number of likely N-dealkylation sites (N-methyl/N-ethyl adjacent to an activating group) is 1. The van der Waals surface area contributed by atoms with Crippen LogP contribution in [0.2, 0.25) is 5.15 Å². The molecule has 7 heteroatoms. The van der Waals surface area contributed by atoms with E-state index < -0.39 is 0 Å². The number of amides is 2. The van der Waals surface area contributed by atoms with Crippen molar-refractivity contribution < 1.29 is 4.79 Å². The first-order chi connectivity index (χ1) is 8.66. The zero-order valence-corrected chi connectivity index (χ0v) is 11.0. The molecule has 1 aliphatic rings. The minimum absolute atomic E-state index is 0.0789. The summed E-state index contributed by atoms with van der Waals surface area (Å²) >= 11 is 5.87. The number of nitrogens with one attached hydrogen (secondary N) is 1. The molecule has 2 amide bonds. The highest BCUT2D eigenvalue weighted by Gasteiger charge is 2.18. The van der Waals surface area contributed by atoms with Gasteiger partial charge in [0.1, 0.15) is 0 Å². The number of carbonyl (C=O) groups excluding carboxylic acids is 1. The summed E-state index contributed by atoms with van der Waals surface area (Å²) in [4.78, 5) is 23.9. The monoisotopic (exact) mass is 269 g/mol. The SMILES string of the molecule is CN1CCN(C(=O)NCc2nccnc2Cl)CC1. The van der Waals surface area contributed by atoms with Gasteiger partial charge in [0, 0.05) is 38.6 Å². The summed E-state index contributed by atoms with van der Waals surface area (Å²) in [5, 5.41) is 3.14. The molecule has 1 saturated heterocycles. The number of hydrogen-bond donors (Lipinski definition) is 1. The maximum absolute atomic E-state index is 11.9. The zero-order chi connectivity index (χ0) is 13.0. The summed E-state index contributed by atoms with van der Waals surface area (Å²) in [6.07, 6.45) is 3.08. The molecule has 0 aromatic carbocycles. The molecule has 0 bridgehead atoms. The van der Waals surface area contributed by atoms with Crippen LogP contribution >= 0.6 is 11.6 Å². The minimum atomic E-state index is -0.0789. The third-order valence-corrected chi connectivity index (χ3v) is 3.24. The molecule has 0 spiro atoms. The summed E-state index contributed by atoms with van der Waals surface area (Å²) < 4.78 is 0. The number of halogens is 1. The molecule has 0 aliphatic carbocycles. The second-order valence-corrected chi connectivity index (χ2v) is 4.60. The molecule has 6 nitrogen and oxygen atoms in total.